The molecule has 0 radical (unpaired) electrons. The first-order valence-corrected chi connectivity index (χ1v) is 2.92. The monoisotopic (exact) mass is 174 g/mol. The second kappa shape index (κ2) is 5.06. The normalized spacial score (nSPS) is 8.45. The van der Waals surface area contributed by atoms with Gasteiger partial charge in [-0.15, -0.1) is 6.07 Å². The maximum Gasteiger partial charge on any atom is 1.00 e. The first kappa shape index (κ1) is 11.3. The maximum absolute atomic E-state index is 10.7. The molecule has 3 heteroatoms. The quantitative estimate of drug-likeness (QED) is 0.316. The minimum absolute atomic E-state index is 0. The van der Waals surface area contributed by atoms with Crippen molar-refractivity contribution in [2.45, 2.75) is 6.92 Å². The third-order valence-corrected chi connectivity index (χ3v) is 1.22. The number of aromatic hydroxyl groups is 1. The number of phenolic OH excluding ortho intramolecular Hbond substituents is 1. The van der Waals surface area contributed by atoms with Crippen molar-refractivity contribution >= 4 is 5.78 Å². The average molecular weight is 174 g/mol. The van der Waals surface area contributed by atoms with E-state index >= 15 is 0 Å². The summed E-state index contributed by atoms with van der Waals surface area (Å²) in [6.07, 6.45) is 0. The van der Waals surface area contributed by atoms with E-state index in [4.69, 9.17) is 5.11 Å². The summed E-state index contributed by atoms with van der Waals surface area (Å²) in [6.45, 7) is 1.41. The van der Waals surface area contributed by atoms with Crippen LogP contribution < -0.4 is 51.4 Å². The molecule has 11 heavy (non-hydrogen) atoms. The number of hydrogen-bond acceptors (Lipinski definition) is 2. The van der Waals surface area contributed by atoms with E-state index in [0.717, 1.165) is 0 Å². The molecule has 1 aromatic rings. The third-order valence-electron chi connectivity index (χ3n) is 1.22. The van der Waals surface area contributed by atoms with Gasteiger partial charge < -0.3 is 9.90 Å². The Bertz CT molecular complexity index is 258. The molecule has 0 spiro atoms. The van der Waals surface area contributed by atoms with Crippen molar-refractivity contribution in [1.29, 1.82) is 0 Å². The molecule has 0 saturated carbocycles. The van der Waals surface area contributed by atoms with Gasteiger partial charge in [-0.05, 0) is 6.92 Å². The van der Waals surface area contributed by atoms with Gasteiger partial charge in [-0.25, -0.2) is 0 Å². The van der Waals surface area contributed by atoms with Gasteiger partial charge in [-0.1, -0.05) is 5.56 Å². The molecule has 0 bridgehead atoms. The topological polar surface area (TPSA) is 37.3 Å². The van der Waals surface area contributed by atoms with Crippen LogP contribution in [0.25, 0.3) is 0 Å². The molecule has 0 aliphatic carbocycles. The molecule has 0 heterocycles. The number of carbonyl (C=O) groups is 1. The molecule has 52 valence electrons. The Morgan fingerprint density at radius 1 is 1.64 bits per heavy atom. The Hall–Kier alpha value is 0.326. The average Bonchev–Trinajstić information content (AvgIpc) is 1.88. The van der Waals surface area contributed by atoms with Crippen LogP contribution in [0, 0.1) is 6.07 Å². The number of phenols is 1. The molecule has 0 unspecified atom stereocenters. The van der Waals surface area contributed by atoms with Crippen LogP contribution in [0.1, 0.15) is 17.3 Å². The van der Waals surface area contributed by atoms with Crippen molar-refractivity contribution in [3.63, 3.8) is 0 Å². The van der Waals surface area contributed by atoms with Gasteiger partial charge in [0.15, 0.2) is 0 Å². The van der Waals surface area contributed by atoms with Crippen LogP contribution >= 0.6 is 0 Å². The molecule has 2 nitrogen and oxygen atoms in total. The predicted octanol–water partition coefficient (Wildman–Crippen LogP) is -1.60. The van der Waals surface area contributed by atoms with E-state index < -0.39 is 0 Å². The van der Waals surface area contributed by atoms with Gasteiger partial charge in [-0.3, -0.25) is 0 Å². The zero-order chi connectivity index (χ0) is 7.56. The molecule has 0 saturated heterocycles. The number of hydrogen-bond donors (Lipinski definition) is 1. The maximum atomic E-state index is 10.7. The third kappa shape index (κ3) is 3.05. The molecule has 1 rings (SSSR count). The van der Waals surface area contributed by atoms with Crippen molar-refractivity contribution in [2.75, 3.05) is 0 Å². The molecule has 0 amide bonds. The summed E-state index contributed by atoms with van der Waals surface area (Å²) < 4.78 is 0. The number of Topliss-reactive ketones (excluding diaryl/α,β-unsaturated/α-hetero) is 1. The van der Waals surface area contributed by atoms with Crippen LogP contribution in [0.3, 0.4) is 0 Å². The largest absolute Gasteiger partial charge is 1.00 e. The Labute approximate surface area is 108 Å². The van der Waals surface area contributed by atoms with E-state index in [2.05, 4.69) is 6.07 Å². The standard InChI is InChI=1S/C8H7O2.K/c1-6(9)7-4-2-3-5-8(7)10;/h3-5,10H,1H3;/q-1;+1. The first-order chi connectivity index (χ1) is 4.72. The molecule has 0 fully saturated rings. The van der Waals surface area contributed by atoms with Crippen LogP contribution in [0.15, 0.2) is 18.2 Å². The Balaban J connectivity index is 0.000001000. The molecule has 1 aromatic carbocycles. The van der Waals surface area contributed by atoms with Crippen LogP contribution in [0.5, 0.6) is 5.75 Å². The van der Waals surface area contributed by atoms with Gasteiger partial charge in [0.25, 0.3) is 0 Å². The minimum Gasteiger partial charge on any atom is -0.533 e. The van der Waals surface area contributed by atoms with Gasteiger partial charge in [0, 0.05) is 5.75 Å². The van der Waals surface area contributed by atoms with Crippen molar-refractivity contribution in [1.82, 2.24) is 0 Å². The van der Waals surface area contributed by atoms with Gasteiger partial charge in [0.2, 0.25) is 0 Å². The molecular weight excluding hydrogens is 167 g/mol. The van der Waals surface area contributed by atoms with E-state index in [-0.39, 0.29) is 62.9 Å². The fourth-order valence-electron chi connectivity index (χ4n) is 0.704. The van der Waals surface area contributed by atoms with Crippen molar-refractivity contribution < 1.29 is 61.3 Å². The smallest absolute Gasteiger partial charge is 0.533 e. The van der Waals surface area contributed by atoms with Crippen LogP contribution in [0.2, 0.25) is 0 Å². The fraction of sp³-hybridized carbons (Fsp3) is 0.125. The van der Waals surface area contributed by atoms with Gasteiger partial charge in [-0.2, -0.15) is 18.2 Å². The van der Waals surface area contributed by atoms with Gasteiger partial charge in [0.05, 0.1) is 0 Å². The summed E-state index contributed by atoms with van der Waals surface area (Å²) >= 11 is 0. The summed E-state index contributed by atoms with van der Waals surface area (Å²) in [7, 11) is 0. The van der Waals surface area contributed by atoms with Crippen molar-refractivity contribution in [3.8, 4) is 5.75 Å². The van der Waals surface area contributed by atoms with E-state index in [0.29, 0.717) is 5.56 Å². The van der Waals surface area contributed by atoms with Gasteiger partial charge >= 0.3 is 51.4 Å². The number of carbonyl (C=O) groups excluding carboxylic acids is 1. The van der Waals surface area contributed by atoms with E-state index in [1.54, 1.807) is 6.07 Å². The van der Waals surface area contributed by atoms with Crippen LogP contribution in [-0.2, 0) is 0 Å². The summed E-state index contributed by atoms with van der Waals surface area (Å²) in [6, 6.07) is 7.17. The molecular formula is C8H7KO2. The second-order valence-corrected chi connectivity index (χ2v) is 2.00. The summed E-state index contributed by atoms with van der Waals surface area (Å²) in [5.74, 6) is -0.124. The molecule has 0 aliphatic rings. The fourth-order valence-corrected chi connectivity index (χ4v) is 0.704. The van der Waals surface area contributed by atoms with Crippen LogP contribution in [-0.4, -0.2) is 10.9 Å². The number of ketones is 1. The predicted molar refractivity (Wildman–Crippen MR) is 36.9 cm³/mol. The van der Waals surface area contributed by atoms with Crippen molar-refractivity contribution in [3.05, 3.63) is 29.8 Å². The summed E-state index contributed by atoms with van der Waals surface area (Å²) in [5.41, 5.74) is 0.322. The SMILES string of the molecule is CC(=O)c1c[c-]ccc1O.[K+]. The summed E-state index contributed by atoms with van der Waals surface area (Å²) in [4.78, 5) is 10.7. The van der Waals surface area contributed by atoms with Crippen LogP contribution in [0.4, 0.5) is 0 Å². The Morgan fingerprint density at radius 2 is 2.27 bits per heavy atom. The summed E-state index contributed by atoms with van der Waals surface area (Å²) in [5, 5.41) is 9.04. The van der Waals surface area contributed by atoms with Crippen molar-refractivity contribution in [2.24, 2.45) is 0 Å². The van der Waals surface area contributed by atoms with E-state index in [1.165, 1.54) is 19.1 Å². The number of benzene rings is 1. The first-order valence-electron chi connectivity index (χ1n) is 2.92. The van der Waals surface area contributed by atoms with E-state index in [1.807, 2.05) is 0 Å². The second-order valence-electron chi connectivity index (χ2n) is 2.00. The van der Waals surface area contributed by atoms with E-state index in [9.17, 15) is 4.79 Å². The zero-order valence-electron chi connectivity index (χ0n) is 6.59. The molecule has 0 aliphatic heterocycles. The number of rotatable bonds is 1. The minimum atomic E-state index is -0.144. The Morgan fingerprint density at radius 3 is 2.64 bits per heavy atom. The Kier molecular flexibility index (Phi) is 5.21. The van der Waals surface area contributed by atoms with Gasteiger partial charge in [0.1, 0.15) is 5.78 Å². The molecule has 0 aromatic heterocycles. The molecule has 1 N–H and O–H groups in total. The zero-order valence-corrected chi connectivity index (χ0v) is 9.71. The molecule has 0 atom stereocenters.